The number of thiazole rings is 1. The highest BCUT2D eigenvalue weighted by Gasteiger charge is 2.37. The molecule has 2 heterocycles. The van der Waals surface area contributed by atoms with Crippen molar-refractivity contribution in [3.8, 4) is 6.07 Å². The average Bonchev–Trinajstić information content (AvgIpc) is 3.01. The highest BCUT2D eigenvalue weighted by molar-refractivity contribution is 7.86. The van der Waals surface area contributed by atoms with Crippen LogP contribution in [-0.4, -0.2) is 42.1 Å². The van der Waals surface area contributed by atoms with Gasteiger partial charge in [-0.25, -0.2) is 4.98 Å². The summed E-state index contributed by atoms with van der Waals surface area (Å²) in [6, 6.07) is 1.90. The van der Waals surface area contributed by atoms with E-state index in [0.29, 0.717) is 6.54 Å². The van der Waals surface area contributed by atoms with Crippen LogP contribution in [-0.2, 0) is 10.2 Å². The summed E-state index contributed by atoms with van der Waals surface area (Å²) in [5, 5.41) is 11.6. The molecule has 0 bridgehead atoms. The minimum Gasteiger partial charge on any atom is -0.248 e. The lowest BCUT2D eigenvalue weighted by Gasteiger charge is -2.36. The molecule has 0 aromatic carbocycles. The Labute approximate surface area is 130 Å². The zero-order valence-corrected chi connectivity index (χ0v) is 13.9. The second-order valence-electron chi connectivity index (χ2n) is 5.31. The number of aromatic nitrogens is 1. The molecule has 2 atom stereocenters. The molecule has 1 aliphatic rings. The van der Waals surface area contributed by atoms with E-state index in [1.807, 2.05) is 5.38 Å². The van der Waals surface area contributed by atoms with E-state index in [1.165, 1.54) is 22.7 Å². The van der Waals surface area contributed by atoms with Crippen LogP contribution in [0.3, 0.4) is 0 Å². The van der Waals surface area contributed by atoms with Crippen molar-refractivity contribution in [2.75, 3.05) is 20.1 Å². The van der Waals surface area contributed by atoms with Crippen molar-refractivity contribution < 1.29 is 8.42 Å². The molecule has 0 unspecified atom stereocenters. The summed E-state index contributed by atoms with van der Waals surface area (Å²) >= 11 is 1.49. The number of hydrogen-bond acceptors (Lipinski definition) is 5. The fraction of sp³-hybridized carbons (Fsp3) is 0.692. The van der Waals surface area contributed by atoms with Crippen LogP contribution in [0.4, 0.5) is 0 Å². The largest absolute Gasteiger partial charge is 0.282 e. The average molecular weight is 328 g/mol. The van der Waals surface area contributed by atoms with Gasteiger partial charge < -0.3 is 0 Å². The molecule has 6 nitrogen and oxygen atoms in total. The van der Waals surface area contributed by atoms with Gasteiger partial charge in [-0.3, -0.25) is 0 Å². The number of hydrogen-bond donors (Lipinski definition) is 0. The maximum Gasteiger partial charge on any atom is 0.282 e. The summed E-state index contributed by atoms with van der Waals surface area (Å²) < 4.78 is 28.3. The molecule has 1 aromatic heterocycles. The van der Waals surface area contributed by atoms with E-state index in [1.54, 1.807) is 17.4 Å². The van der Waals surface area contributed by atoms with E-state index in [0.717, 1.165) is 24.3 Å². The zero-order chi connectivity index (χ0) is 15.5. The molecule has 116 valence electrons. The molecule has 0 amide bonds. The van der Waals surface area contributed by atoms with E-state index in [9.17, 15) is 8.42 Å². The smallest absolute Gasteiger partial charge is 0.248 e. The van der Waals surface area contributed by atoms with Gasteiger partial charge in [0.15, 0.2) is 0 Å². The highest BCUT2D eigenvalue weighted by atomic mass is 32.2. The molecule has 1 fully saturated rings. The first-order valence-electron chi connectivity index (χ1n) is 6.99. The van der Waals surface area contributed by atoms with Crippen LogP contribution in [0.25, 0.3) is 0 Å². The minimum atomic E-state index is -3.56. The fourth-order valence-corrected chi connectivity index (χ4v) is 5.04. The Balaban J connectivity index is 2.22. The lowest BCUT2D eigenvalue weighted by Crippen LogP contribution is -2.46. The zero-order valence-electron chi connectivity index (χ0n) is 12.3. The van der Waals surface area contributed by atoms with Crippen molar-refractivity contribution in [2.24, 2.45) is 5.92 Å². The van der Waals surface area contributed by atoms with E-state index in [4.69, 9.17) is 5.26 Å². The predicted octanol–water partition coefficient (Wildman–Crippen LogP) is 2.01. The van der Waals surface area contributed by atoms with Crippen LogP contribution < -0.4 is 0 Å². The van der Waals surface area contributed by atoms with Crippen LogP contribution in [0.1, 0.15) is 37.2 Å². The van der Waals surface area contributed by atoms with Gasteiger partial charge in [0.1, 0.15) is 5.01 Å². The van der Waals surface area contributed by atoms with Crippen molar-refractivity contribution in [1.29, 1.82) is 5.26 Å². The molecule has 0 aliphatic carbocycles. The molecule has 1 saturated heterocycles. The number of piperidine rings is 1. The van der Waals surface area contributed by atoms with Gasteiger partial charge in [0, 0.05) is 31.7 Å². The van der Waals surface area contributed by atoms with Crippen LogP contribution in [0.2, 0.25) is 0 Å². The van der Waals surface area contributed by atoms with E-state index in [-0.39, 0.29) is 18.5 Å². The molecular weight excluding hydrogens is 308 g/mol. The Morgan fingerprint density at radius 3 is 3.00 bits per heavy atom. The Bertz CT molecular complexity index is 594. The molecule has 1 aliphatic heterocycles. The quantitative estimate of drug-likeness (QED) is 0.828. The molecule has 21 heavy (non-hydrogen) atoms. The first-order valence-corrected chi connectivity index (χ1v) is 9.26. The lowest BCUT2D eigenvalue weighted by molar-refractivity contribution is 0.236. The topological polar surface area (TPSA) is 77.3 Å². The first kappa shape index (κ1) is 16.4. The van der Waals surface area contributed by atoms with Gasteiger partial charge in [-0.05, 0) is 19.8 Å². The fourth-order valence-electron chi connectivity index (χ4n) is 2.53. The highest BCUT2D eigenvalue weighted by Crippen LogP contribution is 2.34. The number of nitriles is 1. The van der Waals surface area contributed by atoms with Crippen molar-refractivity contribution in [3.63, 3.8) is 0 Å². The van der Waals surface area contributed by atoms with Gasteiger partial charge in [0.05, 0.1) is 18.0 Å². The predicted molar refractivity (Wildman–Crippen MR) is 81.7 cm³/mol. The van der Waals surface area contributed by atoms with Gasteiger partial charge in [0.25, 0.3) is 10.2 Å². The van der Waals surface area contributed by atoms with E-state index in [2.05, 4.69) is 11.1 Å². The van der Waals surface area contributed by atoms with Crippen LogP contribution in [0.15, 0.2) is 11.6 Å². The summed E-state index contributed by atoms with van der Waals surface area (Å²) in [5.74, 6) is -0.326. The second kappa shape index (κ2) is 6.83. The Kier molecular flexibility index (Phi) is 5.32. The van der Waals surface area contributed by atoms with Crippen LogP contribution in [0, 0.1) is 17.2 Å². The SMILES string of the molecule is C[C@@H](C#N)CN(C)S(=O)(=O)N1CCCC[C@@H]1c1nccs1. The van der Waals surface area contributed by atoms with Crippen LogP contribution >= 0.6 is 11.3 Å². The first-order chi connectivity index (χ1) is 9.96. The Morgan fingerprint density at radius 1 is 1.62 bits per heavy atom. The third kappa shape index (κ3) is 3.61. The van der Waals surface area contributed by atoms with E-state index < -0.39 is 10.2 Å². The van der Waals surface area contributed by atoms with Gasteiger partial charge in [-0.1, -0.05) is 6.42 Å². The van der Waals surface area contributed by atoms with Gasteiger partial charge in [0.2, 0.25) is 0 Å². The molecule has 0 saturated carbocycles. The number of nitrogens with zero attached hydrogens (tertiary/aromatic N) is 4. The Hall–Kier alpha value is -1.01. The molecular formula is C13H20N4O2S2. The summed E-state index contributed by atoms with van der Waals surface area (Å²) in [6.45, 7) is 2.44. The molecule has 1 aromatic rings. The maximum absolute atomic E-state index is 12.8. The third-order valence-corrected chi connectivity index (χ3v) is 6.48. The summed E-state index contributed by atoms with van der Waals surface area (Å²) in [4.78, 5) is 4.28. The molecule has 0 radical (unpaired) electrons. The number of rotatable bonds is 5. The third-order valence-electron chi connectivity index (χ3n) is 3.63. The molecule has 8 heteroatoms. The molecule has 0 spiro atoms. The second-order valence-corrected chi connectivity index (χ2v) is 8.23. The van der Waals surface area contributed by atoms with Crippen molar-refractivity contribution in [2.45, 2.75) is 32.2 Å². The Morgan fingerprint density at radius 2 is 2.38 bits per heavy atom. The minimum absolute atomic E-state index is 0.177. The maximum atomic E-state index is 12.8. The summed E-state index contributed by atoms with van der Waals surface area (Å²) in [7, 11) is -2.02. The van der Waals surface area contributed by atoms with Gasteiger partial charge >= 0.3 is 0 Å². The summed E-state index contributed by atoms with van der Waals surface area (Å²) in [5.41, 5.74) is 0. The normalized spacial score (nSPS) is 22.1. The van der Waals surface area contributed by atoms with Crippen molar-refractivity contribution >= 4 is 21.5 Å². The standard InChI is InChI=1S/C13H20N4O2S2/c1-11(9-14)10-16(2)21(18,19)17-7-4-3-5-12(17)13-15-6-8-20-13/h6,8,11-12H,3-5,7,10H2,1-2H3/t11-,12+/m0/s1. The van der Waals surface area contributed by atoms with Crippen LogP contribution in [0.5, 0.6) is 0 Å². The molecule has 0 N–H and O–H groups in total. The van der Waals surface area contributed by atoms with E-state index >= 15 is 0 Å². The molecule has 2 rings (SSSR count). The van der Waals surface area contributed by atoms with Crippen molar-refractivity contribution in [1.82, 2.24) is 13.6 Å². The lowest BCUT2D eigenvalue weighted by atomic mass is 10.1. The van der Waals surface area contributed by atoms with Crippen molar-refractivity contribution in [3.05, 3.63) is 16.6 Å². The van der Waals surface area contributed by atoms with Gasteiger partial charge in [-0.2, -0.15) is 22.3 Å². The monoisotopic (exact) mass is 328 g/mol. The van der Waals surface area contributed by atoms with Gasteiger partial charge in [-0.15, -0.1) is 11.3 Å². The summed E-state index contributed by atoms with van der Waals surface area (Å²) in [6.07, 6.45) is 4.38.